The zero-order chi connectivity index (χ0) is 38.3. The maximum Gasteiger partial charge on any atom is 0.320 e. The van der Waals surface area contributed by atoms with Gasteiger partial charge in [0.2, 0.25) is 0 Å². The molecule has 0 aromatic heterocycles. The Balaban J connectivity index is 0.000000225. The third kappa shape index (κ3) is 11.1. The first-order chi connectivity index (χ1) is 23.8. The van der Waals surface area contributed by atoms with Gasteiger partial charge in [0.1, 0.15) is 17.6 Å². The van der Waals surface area contributed by atoms with E-state index in [-0.39, 0.29) is 34.9 Å². The van der Waals surface area contributed by atoms with E-state index in [0.717, 1.165) is 29.4 Å². The van der Waals surface area contributed by atoms with E-state index in [9.17, 15) is 28.1 Å². The number of carboxylic acid groups (broad SMARTS) is 1. The first kappa shape index (κ1) is 41.7. The van der Waals surface area contributed by atoms with Crippen molar-refractivity contribution in [2.75, 3.05) is 24.3 Å². The van der Waals surface area contributed by atoms with Crippen LogP contribution < -0.4 is 15.4 Å². The van der Waals surface area contributed by atoms with Crippen LogP contribution in [0.15, 0.2) is 47.5 Å². The van der Waals surface area contributed by atoms with E-state index >= 15 is 0 Å². The fraction of sp³-hybridized carbons (Fsp3) is 0.429. The Kier molecular flexibility index (Phi) is 14.4. The van der Waals surface area contributed by atoms with E-state index < -0.39 is 48.5 Å². The molecule has 4 N–H and O–H groups in total. The molecule has 1 saturated heterocycles. The van der Waals surface area contributed by atoms with Gasteiger partial charge in [-0.25, -0.2) is 14.4 Å². The van der Waals surface area contributed by atoms with Gasteiger partial charge in [-0.3, -0.25) is 28.6 Å². The van der Waals surface area contributed by atoms with Crippen molar-refractivity contribution < 1.29 is 47.7 Å². The van der Waals surface area contributed by atoms with E-state index in [2.05, 4.69) is 5.92 Å². The fourth-order valence-corrected chi connectivity index (χ4v) is 6.21. The minimum atomic E-state index is -3.10. The summed E-state index contributed by atoms with van der Waals surface area (Å²) in [6.07, 6.45) is 7.47. The monoisotopic (exact) mass is 767 g/mol. The first-order valence-corrected chi connectivity index (χ1v) is 19.0. The summed E-state index contributed by atoms with van der Waals surface area (Å²) in [4.78, 5) is 62.1. The summed E-state index contributed by atoms with van der Waals surface area (Å²) in [5.74, 6) is -0.326. The molecule has 1 fully saturated rings. The number of aliphatic carboxylic acids is 1. The van der Waals surface area contributed by atoms with Crippen LogP contribution >= 0.6 is 30.6 Å². The van der Waals surface area contributed by atoms with Crippen LogP contribution in [-0.2, 0) is 35.1 Å². The van der Waals surface area contributed by atoms with Crippen molar-refractivity contribution in [2.24, 2.45) is 11.1 Å². The molecule has 0 bridgehead atoms. The number of imide groups is 1. The third-order valence-corrected chi connectivity index (χ3v) is 9.75. The van der Waals surface area contributed by atoms with Gasteiger partial charge in [-0.05, 0) is 70.6 Å². The third-order valence-electron chi connectivity index (χ3n) is 8.00. The minimum Gasteiger partial charge on any atom is -0.480 e. The molecule has 0 radical (unpaired) electrons. The Morgan fingerprint density at radius 1 is 1.14 bits per heavy atom. The van der Waals surface area contributed by atoms with Gasteiger partial charge >= 0.3 is 5.97 Å². The summed E-state index contributed by atoms with van der Waals surface area (Å²) in [6, 6.07) is 8.70. The Labute approximate surface area is 306 Å². The SMILES string of the molecule is C#CC(C)Oc1cc(N2C(=O)C3=C(CCCC3)C2=O)c(F)cc1Cl.CC1(C)CON(Cc2ccccc2Cl)C1=O.CP(=O)(O)CCC(N)C(=O)O. The predicted octanol–water partition coefficient (Wildman–Crippen LogP) is 5.95. The summed E-state index contributed by atoms with van der Waals surface area (Å²) in [5, 5.41) is 10.4. The highest BCUT2D eigenvalue weighted by Gasteiger charge is 2.42. The van der Waals surface area contributed by atoms with Crippen molar-refractivity contribution in [3.05, 3.63) is 69.0 Å². The number of terminal acetylenes is 1. The lowest BCUT2D eigenvalue weighted by Crippen LogP contribution is -2.32. The second-order valence-corrected chi connectivity index (χ2v) is 16.2. The Morgan fingerprint density at radius 3 is 2.22 bits per heavy atom. The number of ether oxygens (including phenoxy) is 1. The van der Waals surface area contributed by atoms with E-state index in [1.54, 1.807) is 6.92 Å². The summed E-state index contributed by atoms with van der Waals surface area (Å²) in [7, 11) is -3.10. The number of rotatable bonds is 9. The van der Waals surface area contributed by atoms with E-state index in [0.29, 0.717) is 42.2 Å². The number of hydroxylamine groups is 2. The van der Waals surface area contributed by atoms with Crippen LogP contribution in [0, 0.1) is 23.6 Å². The summed E-state index contributed by atoms with van der Waals surface area (Å²) >= 11 is 12.0. The van der Waals surface area contributed by atoms with Gasteiger partial charge in [-0.1, -0.05) is 47.3 Å². The standard InChI is InChI=1S/C18H15ClFNO3.C12H14ClNO2.C5H12NO4P/c1-3-10(2)24-16-9-15(14(20)8-13(16)19)21-17(22)11-6-4-5-7-12(11)18(21)23;1-12(2)8-16-14(11(12)15)7-9-5-3-4-6-10(9)13;1-11(9,10)3-2-4(6)5(7)8/h1,8-10H,4-7H2,2H3;3-6H,7-8H2,1-2H3;4H,2-3,6H2,1H3,(H,7,8)(H,9,10). The molecular weight excluding hydrogens is 727 g/mol. The average molecular weight is 769 g/mol. The highest BCUT2D eigenvalue weighted by atomic mass is 35.5. The molecule has 2 aromatic carbocycles. The van der Waals surface area contributed by atoms with Gasteiger partial charge < -0.3 is 20.5 Å². The first-order valence-electron chi connectivity index (χ1n) is 16.0. The number of carboxylic acids is 1. The van der Waals surface area contributed by atoms with Gasteiger partial charge in [0.15, 0.2) is 13.5 Å². The number of carbonyl (C=O) groups excluding carboxylic acids is 3. The van der Waals surface area contributed by atoms with Gasteiger partial charge in [-0.2, -0.15) is 0 Å². The molecule has 12 nitrogen and oxygen atoms in total. The molecule has 276 valence electrons. The average Bonchev–Trinajstić information content (AvgIpc) is 3.47. The number of benzene rings is 2. The normalized spacial score (nSPS) is 18.8. The highest BCUT2D eigenvalue weighted by molar-refractivity contribution is 7.57. The molecule has 5 rings (SSSR count). The molecular formula is C35H41Cl2FN3O9P. The van der Waals surface area contributed by atoms with Gasteiger partial charge in [0.25, 0.3) is 17.7 Å². The second kappa shape index (κ2) is 17.6. The van der Waals surface area contributed by atoms with Crippen molar-refractivity contribution in [2.45, 2.75) is 71.6 Å². The lowest BCUT2D eigenvalue weighted by molar-refractivity contribution is -0.165. The van der Waals surface area contributed by atoms with Crippen molar-refractivity contribution in [3.63, 3.8) is 0 Å². The summed E-state index contributed by atoms with van der Waals surface area (Å²) in [6.45, 7) is 7.40. The molecule has 2 aromatic rings. The largest absolute Gasteiger partial charge is 0.480 e. The topological polar surface area (TPSA) is 177 Å². The van der Waals surface area contributed by atoms with E-state index in [4.69, 9.17) is 54.9 Å². The van der Waals surface area contributed by atoms with E-state index in [1.165, 1.54) is 17.8 Å². The Morgan fingerprint density at radius 2 is 1.73 bits per heavy atom. The quantitative estimate of drug-likeness (QED) is 0.157. The molecule has 0 saturated carbocycles. The molecule has 2 heterocycles. The molecule has 0 spiro atoms. The maximum atomic E-state index is 14.4. The van der Waals surface area contributed by atoms with E-state index in [1.807, 2.05) is 38.1 Å². The van der Waals surface area contributed by atoms with Gasteiger partial charge in [-0.15, -0.1) is 6.42 Å². The summed E-state index contributed by atoms with van der Waals surface area (Å²) in [5.41, 5.74) is 6.37. The van der Waals surface area contributed by atoms with Crippen LogP contribution in [-0.4, -0.2) is 70.3 Å². The molecule has 3 unspecified atom stereocenters. The smallest absolute Gasteiger partial charge is 0.320 e. The zero-order valence-corrected chi connectivity index (χ0v) is 31.1. The van der Waals surface area contributed by atoms with Crippen LogP contribution in [0.5, 0.6) is 5.75 Å². The van der Waals surface area contributed by atoms with Gasteiger partial charge in [0.05, 0.1) is 29.3 Å². The van der Waals surface area contributed by atoms with Crippen LogP contribution in [0.25, 0.3) is 0 Å². The van der Waals surface area contributed by atoms with Crippen molar-refractivity contribution in [1.82, 2.24) is 5.06 Å². The second-order valence-electron chi connectivity index (χ2n) is 12.9. The lowest BCUT2D eigenvalue weighted by Gasteiger charge is -2.19. The number of anilines is 1. The number of hydrogen-bond donors (Lipinski definition) is 3. The molecule has 3 atom stereocenters. The lowest BCUT2D eigenvalue weighted by atomic mass is 9.93. The zero-order valence-electron chi connectivity index (χ0n) is 28.7. The predicted molar refractivity (Wildman–Crippen MR) is 191 cm³/mol. The van der Waals surface area contributed by atoms with Crippen LogP contribution in [0.3, 0.4) is 0 Å². The van der Waals surface area contributed by atoms with Gasteiger partial charge in [0, 0.05) is 35.1 Å². The number of carbonyl (C=O) groups is 4. The molecule has 3 aliphatic rings. The summed E-state index contributed by atoms with van der Waals surface area (Å²) < 4.78 is 30.5. The fourth-order valence-electron chi connectivity index (χ4n) is 5.06. The van der Waals surface area contributed by atoms with Crippen molar-refractivity contribution >= 4 is 59.9 Å². The molecule has 1 aliphatic carbocycles. The van der Waals surface area contributed by atoms with Crippen molar-refractivity contribution in [3.8, 4) is 18.1 Å². The molecule has 2 aliphatic heterocycles. The molecule has 51 heavy (non-hydrogen) atoms. The number of nitrogens with two attached hydrogens (primary N) is 1. The minimum absolute atomic E-state index is 0.00687. The maximum absolute atomic E-state index is 14.4. The Hall–Kier alpha value is -3.76. The Bertz CT molecular complexity index is 1760. The highest BCUT2D eigenvalue weighted by Crippen LogP contribution is 2.40. The van der Waals surface area contributed by atoms with Crippen molar-refractivity contribution in [1.29, 1.82) is 0 Å². The number of amides is 3. The number of nitrogens with zero attached hydrogens (tertiary/aromatic N) is 2. The van der Waals surface area contributed by atoms with Crippen LogP contribution in [0.1, 0.15) is 58.4 Å². The number of halogens is 3. The number of hydrogen-bond acceptors (Lipinski definition) is 8. The molecule has 16 heteroatoms. The van der Waals surface area contributed by atoms with Crippen LogP contribution in [0.4, 0.5) is 10.1 Å². The van der Waals surface area contributed by atoms with Crippen LogP contribution in [0.2, 0.25) is 10.0 Å². The molecule has 3 amide bonds.